The summed E-state index contributed by atoms with van der Waals surface area (Å²) >= 11 is 5.65. The lowest BCUT2D eigenvalue weighted by Gasteiger charge is -2.43. The van der Waals surface area contributed by atoms with E-state index in [0.717, 1.165) is 145 Å². The second kappa shape index (κ2) is 49.3. The summed E-state index contributed by atoms with van der Waals surface area (Å²) in [6, 6.07) is 40.1. The first-order valence-corrected chi connectivity index (χ1v) is 41.6. The number of likely N-dealkylation sites (tertiary alicyclic amines) is 3. The number of benzene rings is 4. The summed E-state index contributed by atoms with van der Waals surface area (Å²) in [7, 11) is 0. The Morgan fingerprint density at radius 1 is 0.446 bits per heavy atom. The maximum absolute atomic E-state index is 12.4. The molecule has 0 radical (unpaired) electrons. The molecule has 8 heterocycles. The molecule has 0 bridgehead atoms. The van der Waals surface area contributed by atoms with Gasteiger partial charge in [0.2, 0.25) is 17.7 Å². The summed E-state index contributed by atoms with van der Waals surface area (Å²) in [4.78, 5) is 118. The number of amides is 6. The van der Waals surface area contributed by atoms with Crippen molar-refractivity contribution in [2.45, 2.75) is 270 Å². The fourth-order valence-corrected chi connectivity index (χ4v) is 15.0. The zero-order valence-electron chi connectivity index (χ0n) is 67.6. The third kappa shape index (κ3) is 34.2. The zero-order valence-corrected chi connectivity index (χ0v) is 68.3. The number of hydrogen-bond donors (Lipinski definition) is 3. The van der Waals surface area contributed by atoms with Crippen molar-refractivity contribution in [2.75, 3.05) is 77.9 Å². The molecule has 4 aromatic rings. The van der Waals surface area contributed by atoms with Gasteiger partial charge in [-0.2, -0.15) is 0 Å². The van der Waals surface area contributed by atoms with Crippen LogP contribution in [-0.2, 0) is 83.6 Å². The lowest BCUT2D eigenvalue weighted by atomic mass is 9.98. The Kier molecular flexibility index (Phi) is 40.0. The highest BCUT2D eigenvalue weighted by Gasteiger charge is 2.38. The SMILES string of the molecule is CC(C)(C)OC(=O)N1CCCC[C@@H]1CCC(=O)OCc1ccccc1.CC(C)(C)OC(=O)N1CCCC[C@@H]1CN.O=C(CC[C@H]1CCCCN1)OCc1ccccc1.O=C(CC[C@H]1CCCCN1C(=O)CCl)OCc1ccccc1.O=C(OCc1ccccc1)N1CC(=O)N2CCCC[C@@H]2C1.O=C1CNC[C@H]2CCCCN12. The second-order valence-corrected chi connectivity index (χ2v) is 32.2. The minimum atomic E-state index is -0.506. The number of ether oxygens (including phenoxy) is 6. The molecule has 0 aromatic heterocycles. The first-order chi connectivity index (χ1) is 53.9. The molecular weight excluding hydrogens is 1450 g/mol. The van der Waals surface area contributed by atoms with Gasteiger partial charge in [0.1, 0.15) is 50.1 Å². The van der Waals surface area contributed by atoms with Crippen LogP contribution in [0, 0.1) is 0 Å². The van der Waals surface area contributed by atoms with Crippen LogP contribution in [0.25, 0.3) is 0 Å². The zero-order chi connectivity index (χ0) is 80.5. The van der Waals surface area contributed by atoms with Gasteiger partial charge in [-0.1, -0.05) is 128 Å². The van der Waals surface area contributed by atoms with Crippen LogP contribution in [0.1, 0.15) is 218 Å². The first-order valence-electron chi connectivity index (χ1n) is 41.1. The number of hydrogen-bond acceptors (Lipinski definition) is 18. The molecule has 4 N–H and O–H groups in total. The number of nitrogens with zero attached hydrogens (tertiary/aromatic N) is 6. The summed E-state index contributed by atoms with van der Waals surface area (Å²) in [5.41, 5.74) is 8.67. The summed E-state index contributed by atoms with van der Waals surface area (Å²) in [6.07, 6.45) is 22.2. The number of carbonyl (C=O) groups excluding carboxylic acids is 9. The van der Waals surface area contributed by atoms with Gasteiger partial charge in [-0.15, -0.1) is 11.6 Å². The molecule has 112 heavy (non-hydrogen) atoms. The molecule has 8 fully saturated rings. The smallest absolute Gasteiger partial charge is 0.410 e. The Morgan fingerprint density at radius 2 is 0.839 bits per heavy atom. The number of fused-ring (bicyclic) bond motifs is 2. The number of esters is 3. The van der Waals surface area contributed by atoms with Crippen LogP contribution >= 0.6 is 11.6 Å². The summed E-state index contributed by atoms with van der Waals surface area (Å²) in [5, 5.41) is 6.58. The highest BCUT2D eigenvalue weighted by Crippen LogP contribution is 2.28. The molecule has 8 aliphatic heterocycles. The summed E-state index contributed by atoms with van der Waals surface area (Å²) in [6.45, 7) is 20.4. The molecule has 8 aliphatic rings. The van der Waals surface area contributed by atoms with E-state index in [4.69, 9.17) is 45.8 Å². The Labute approximate surface area is 670 Å². The van der Waals surface area contributed by atoms with E-state index in [1.54, 1.807) is 9.80 Å². The fourth-order valence-electron chi connectivity index (χ4n) is 14.9. The van der Waals surface area contributed by atoms with Crippen LogP contribution in [0.3, 0.4) is 0 Å². The molecule has 4 aromatic carbocycles. The molecule has 6 atom stereocenters. The van der Waals surface area contributed by atoms with E-state index < -0.39 is 17.3 Å². The largest absolute Gasteiger partial charge is 0.461 e. The minimum Gasteiger partial charge on any atom is -0.461 e. The van der Waals surface area contributed by atoms with Crippen LogP contribution in [0.5, 0.6) is 0 Å². The van der Waals surface area contributed by atoms with Crippen molar-refractivity contribution in [1.82, 2.24) is 40.0 Å². The third-order valence-corrected chi connectivity index (χ3v) is 21.0. The third-order valence-electron chi connectivity index (χ3n) is 20.8. The number of nitrogens with one attached hydrogen (secondary N) is 2. The molecule has 0 saturated carbocycles. The molecular formula is C87H128ClN9O15. The molecule has 25 heteroatoms. The van der Waals surface area contributed by atoms with Gasteiger partial charge in [0.15, 0.2) is 0 Å². The number of alkyl halides is 1. The van der Waals surface area contributed by atoms with Crippen LogP contribution in [0.15, 0.2) is 121 Å². The number of carbonyl (C=O) groups is 9. The van der Waals surface area contributed by atoms with Gasteiger partial charge < -0.3 is 69.3 Å². The van der Waals surface area contributed by atoms with Crippen molar-refractivity contribution < 1.29 is 71.6 Å². The van der Waals surface area contributed by atoms with Crippen LogP contribution in [-0.4, -0.2) is 209 Å². The molecule has 618 valence electrons. The van der Waals surface area contributed by atoms with E-state index >= 15 is 0 Å². The van der Waals surface area contributed by atoms with Gasteiger partial charge in [0.25, 0.3) is 0 Å². The molecule has 0 aliphatic carbocycles. The van der Waals surface area contributed by atoms with E-state index in [2.05, 4.69) is 10.6 Å². The van der Waals surface area contributed by atoms with Gasteiger partial charge in [-0.25, -0.2) is 14.4 Å². The second-order valence-electron chi connectivity index (χ2n) is 32.0. The van der Waals surface area contributed by atoms with Crippen molar-refractivity contribution in [3.63, 3.8) is 0 Å². The van der Waals surface area contributed by atoms with Gasteiger partial charge in [0.05, 0.1) is 6.54 Å². The molecule has 0 spiro atoms. The predicted molar refractivity (Wildman–Crippen MR) is 432 cm³/mol. The van der Waals surface area contributed by atoms with Crippen LogP contribution < -0.4 is 16.4 Å². The first kappa shape index (κ1) is 90.9. The average molecular weight is 1580 g/mol. The molecule has 0 unspecified atom stereocenters. The fraction of sp³-hybridized carbons (Fsp3) is 0.621. The normalized spacial score (nSPS) is 20.9. The van der Waals surface area contributed by atoms with Crippen molar-refractivity contribution in [3.8, 4) is 0 Å². The van der Waals surface area contributed by atoms with E-state index in [-0.39, 0.29) is 85.1 Å². The number of rotatable bonds is 19. The Morgan fingerprint density at radius 3 is 1.28 bits per heavy atom. The lowest BCUT2D eigenvalue weighted by molar-refractivity contribution is -0.146. The topological polar surface area (TPSA) is 279 Å². The number of piperazine rings is 2. The van der Waals surface area contributed by atoms with E-state index in [1.165, 1.54) is 43.4 Å². The molecule has 24 nitrogen and oxygen atoms in total. The highest BCUT2D eigenvalue weighted by molar-refractivity contribution is 6.27. The highest BCUT2D eigenvalue weighted by atomic mass is 35.5. The standard InChI is InChI=1S/C20H29NO4.C17H22ClNO3.C16H20N2O3.C15H21NO2.C11H22N2O2.C8H14N2O/c1-20(2,3)25-19(23)21-14-8-7-11-17(21)12-13-18(22)24-15-16-9-5-4-6-10-16;18-12-16(20)19-11-5-4-8-15(19)9-10-17(21)22-13-14-6-2-1-3-7-14;19-15-11-17(10-14-8-4-5-9-18(14)15)16(20)21-12-13-6-2-1-3-7-13;17-15(10-9-14-8-4-5-11-16-14)18-12-13-6-2-1-3-7-13;1-11(2,3)15-10(14)13-7-5-4-6-9(13)8-12;11-8-6-9-5-7-3-1-2-4-10(7)8/h4-6,9-10,17H,7-8,11-15H2,1-3H3;1-3,6-7,15H,4-5,8-13H2;1-3,6-7,14H,4-5,8-12H2;1-3,6-7,14,16H,4-5,8-12H2;9H,4-8,12H2,1-3H3;7,9H,1-6H2/t17-;15-;2*14-;9-;7-/m111111/s1. The minimum absolute atomic E-state index is 0.00888. The summed E-state index contributed by atoms with van der Waals surface area (Å²) in [5.74, 6) is -0.223. The number of nitrogens with two attached hydrogens (primary N) is 1. The lowest BCUT2D eigenvalue weighted by Crippen LogP contribution is -2.59. The molecule has 12 rings (SSSR count). The molecule has 8 saturated heterocycles. The van der Waals surface area contributed by atoms with Crippen molar-refractivity contribution >= 4 is 65.5 Å². The Balaban J connectivity index is 0.000000189. The monoisotopic (exact) mass is 1570 g/mol. The predicted octanol–water partition coefficient (Wildman–Crippen LogP) is 13.8. The van der Waals surface area contributed by atoms with Crippen molar-refractivity contribution in [2.24, 2.45) is 5.73 Å². The van der Waals surface area contributed by atoms with Gasteiger partial charge in [0, 0.05) is 108 Å². The van der Waals surface area contributed by atoms with Crippen molar-refractivity contribution in [1.29, 1.82) is 0 Å². The summed E-state index contributed by atoms with van der Waals surface area (Å²) < 4.78 is 32.0. The number of halogens is 1. The van der Waals surface area contributed by atoms with Gasteiger partial charge in [-0.05, 0) is 199 Å². The van der Waals surface area contributed by atoms with Crippen molar-refractivity contribution in [3.05, 3.63) is 144 Å². The molecule has 6 amide bonds. The van der Waals surface area contributed by atoms with Gasteiger partial charge >= 0.3 is 36.2 Å². The van der Waals surface area contributed by atoms with E-state index in [0.29, 0.717) is 96.1 Å². The maximum atomic E-state index is 12.4. The maximum Gasteiger partial charge on any atom is 0.410 e. The average Bonchev–Trinajstić information content (AvgIpc) is 0.814. The quantitative estimate of drug-likeness (QED) is 0.0447. The Bertz CT molecular complexity index is 3450. The van der Waals surface area contributed by atoms with E-state index in [9.17, 15) is 43.2 Å². The number of piperidine rings is 6. The van der Waals surface area contributed by atoms with Gasteiger partial charge in [-0.3, -0.25) is 33.7 Å². The van der Waals surface area contributed by atoms with Crippen LogP contribution in [0.2, 0.25) is 0 Å². The Hall–Kier alpha value is -8.32. The van der Waals surface area contributed by atoms with E-state index in [1.807, 2.05) is 178 Å². The van der Waals surface area contributed by atoms with Crippen LogP contribution in [0.4, 0.5) is 14.4 Å².